The fraction of sp³-hybridized carbons (Fsp3) is 0.429. The summed E-state index contributed by atoms with van der Waals surface area (Å²) in [6.07, 6.45) is 1.64. The molecule has 5 heteroatoms. The fourth-order valence-corrected chi connectivity index (χ4v) is 2.80. The number of ketones is 1. The number of likely N-dealkylation sites (N-methyl/N-ethyl adjacent to an activating group) is 1. The maximum absolute atomic E-state index is 12.0. The van der Waals surface area contributed by atoms with Crippen LogP contribution in [0.4, 0.5) is 0 Å². The van der Waals surface area contributed by atoms with Crippen molar-refractivity contribution in [3.05, 3.63) is 23.9 Å². The summed E-state index contributed by atoms with van der Waals surface area (Å²) in [5.41, 5.74) is 2.15. The Kier molecular flexibility index (Phi) is 3.60. The Morgan fingerprint density at radius 3 is 2.58 bits per heavy atom. The lowest BCUT2D eigenvalue weighted by Crippen LogP contribution is -2.36. The van der Waals surface area contributed by atoms with E-state index in [0.717, 1.165) is 10.9 Å². The first-order valence-electron chi connectivity index (χ1n) is 6.35. The molecular formula is C14H20N2O2Si. The molecule has 0 bridgehead atoms. The third kappa shape index (κ3) is 3.11. The van der Waals surface area contributed by atoms with Gasteiger partial charge in [0.15, 0.2) is 11.4 Å². The second kappa shape index (κ2) is 4.90. The molecular weight excluding hydrogens is 256 g/mol. The minimum Gasteiger partial charge on any atom is -0.465 e. The topological polar surface area (TPSA) is 46.3 Å². The van der Waals surface area contributed by atoms with Gasteiger partial charge >= 0.3 is 0 Å². The van der Waals surface area contributed by atoms with E-state index in [9.17, 15) is 4.79 Å². The Morgan fingerprint density at radius 1 is 1.32 bits per heavy atom. The number of furan rings is 1. The van der Waals surface area contributed by atoms with Crippen molar-refractivity contribution in [2.45, 2.75) is 19.6 Å². The molecule has 2 rings (SSSR count). The van der Waals surface area contributed by atoms with Gasteiger partial charge in [-0.2, -0.15) is 0 Å². The standard InChI is InChI=1S/C14H20N2O2Si/c1-16(2)9-12(17)10-6-13-11(15-8-10)7-14(18-13)19(3,4)5/h6-8H,9H2,1-5H3. The lowest BCUT2D eigenvalue weighted by Gasteiger charge is -2.10. The van der Waals surface area contributed by atoms with Gasteiger partial charge in [-0.15, -0.1) is 0 Å². The van der Waals surface area contributed by atoms with Gasteiger partial charge in [0.05, 0.1) is 11.9 Å². The average Bonchev–Trinajstić information content (AvgIpc) is 2.69. The van der Waals surface area contributed by atoms with Gasteiger partial charge in [0.25, 0.3) is 0 Å². The number of Topliss-reactive ketones (excluding diaryl/α,β-unsaturated/α-hetero) is 1. The van der Waals surface area contributed by atoms with Crippen molar-refractivity contribution in [1.29, 1.82) is 0 Å². The van der Waals surface area contributed by atoms with Gasteiger partial charge < -0.3 is 9.32 Å². The van der Waals surface area contributed by atoms with Crippen LogP contribution in [0.2, 0.25) is 19.6 Å². The zero-order valence-electron chi connectivity index (χ0n) is 12.2. The van der Waals surface area contributed by atoms with Crippen LogP contribution in [0.5, 0.6) is 0 Å². The summed E-state index contributed by atoms with van der Waals surface area (Å²) in [6, 6.07) is 3.81. The predicted octanol–water partition coefficient (Wildman–Crippen LogP) is 2.12. The van der Waals surface area contributed by atoms with E-state index in [2.05, 4.69) is 24.6 Å². The van der Waals surface area contributed by atoms with Crippen LogP contribution in [0, 0.1) is 0 Å². The second-order valence-electron chi connectivity index (χ2n) is 6.13. The molecule has 0 aliphatic heterocycles. The number of hydrogen-bond donors (Lipinski definition) is 0. The molecule has 0 aromatic carbocycles. The summed E-state index contributed by atoms with van der Waals surface area (Å²) in [5.74, 6) is 0.0605. The number of nitrogens with zero attached hydrogens (tertiary/aromatic N) is 2. The molecule has 19 heavy (non-hydrogen) atoms. The van der Waals surface area contributed by atoms with Crippen molar-refractivity contribution in [2.24, 2.45) is 0 Å². The van der Waals surface area contributed by atoms with E-state index in [0.29, 0.717) is 17.7 Å². The fourth-order valence-electron chi connectivity index (χ4n) is 1.82. The summed E-state index contributed by atoms with van der Waals surface area (Å²) in [7, 11) is 2.26. The minimum atomic E-state index is -1.49. The van der Waals surface area contributed by atoms with Crippen LogP contribution in [-0.4, -0.2) is 44.4 Å². The zero-order valence-corrected chi connectivity index (χ0v) is 13.2. The number of pyridine rings is 1. The van der Waals surface area contributed by atoms with E-state index >= 15 is 0 Å². The minimum absolute atomic E-state index is 0.0605. The average molecular weight is 276 g/mol. The lowest BCUT2D eigenvalue weighted by molar-refractivity contribution is 0.0957. The van der Waals surface area contributed by atoms with Gasteiger partial charge in [0.2, 0.25) is 0 Å². The smallest absolute Gasteiger partial charge is 0.178 e. The van der Waals surface area contributed by atoms with Gasteiger partial charge in [-0.05, 0) is 20.2 Å². The Bertz CT molecular complexity index is 611. The van der Waals surface area contributed by atoms with Crippen molar-refractivity contribution >= 4 is 30.3 Å². The Hall–Kier alpha value is -1.46. The van der Waals surface area contributed by atoms with E-state index in [1.807, 2.05) is 25.1 Å². The molecule has 0 radical (unpaired) electrons. The SMILES string of the molecule is CN(C)CC(=O)c1cnc2cc([Si](C)(C)C)oc2c1. The van der Waals surface area contributed by atoms with Crippen LogP contribution in [0.25, 0.3) is 11.1 Å². The molecule has 0 saturated carbocycles. The maximum atomic E-state index is 12.0. The normalized spacial score (nSPS) is 12.3. The molecule has 0 N–H and O–H groups in total. The highest BCUT2D eigenvalue weighted by Crippen LogP contribution is 2.16. The highest BCUT2D eigenvalue weighted by atomic mass is 28.3. The number of carbonyl (C=O) groups excluding carboxylic acids is 1. The largest absolute Gasteiger partial charge is 0.465 e. The van der Waals surface area contributed by atoms with Gasteiger partial charge in [0, 0.05) is 17.8 Å². The lowest BCUT2D eigenvalue weighted by atomic mass is 10.2. The molecule has 0 aliphatic carbocycles. The third-order valence-electron chi connectivity index (χ3n) is 2.89. The van der Waals surface area contributed by atoms with Crippen LogP contribution >= 0.6 is 0 Å². The number of aromatic nitrogens is 1. The summed E-state index contributed by atoms with van der Waals surface area (Å²) >= 11 is 0. The number of carbonyl (C=O) groups is 1. The van der Waals surface area contributed by atoms with Crippen LogP contribution < -0.4 is 5.38 Å². The molecule has 2 heterocycles. The number of rotatable bonds is 4. The third-order valence-corrected chi connectivity index (χ3v) is 4.62. The van der Waals surface area contributed by atoms with Crippen molar-refractivity contribution in [3.8, 4) is 0 Å². The van der Waals surface area contributed by atoms with E-state index in [4.69, 9.17) is 4.42 Å². The van der Waals surface area contributed by atoms with E-state index in [-0.39, 0.29) is 5.78 Å². The molecule has 0 saturated heterocycles. The van der Waals surface area contributed by atoms with E-state index < -0.39 is 8.07 Å². The Morgan fingerprint density at radius 2 is 2.00 bits per heavy atom. The molecule has 0 spiro atoms. The molecule has 2 aromatic rings. The molecule has 4 nitrogen and oxygen atoms in total. The monoisotopic (exact) mass is 276 g/mol. The van der Waals surface area contributed by atoms with Gasteiger partial charge in [-0.3, -0.25) is 9.78 Å². The van der Waals surface area contributed by atoms with Crippen LogP contribution in [0.3, 0.4) is 0 Å². The Balaban J connectivity index is 2.38. The first-order valence-corrected chi connectivity index (χ1v) is 9.85. The summed E-state index contributed by atoms with van der Waals surface area (Å²) < 4.78 is 5.86. The number of fused-ring (bicyclic) bond motifs is 1. The second-order valence-corrected chi connectivity index (χ2v) is 11.1. The summed E-state index contributed by atoms with van der Waals surface area (Å²) in [4.78, 5) is 18.2. The first-order chi connectivity index (χ1) is 8.77. The van der Waals surface area contributed by atoms with Crippen LogP contribution in [0.15, 0.2) is 22.7 Å². The van der Waals surface area contributed by atoms with E-state index in [1.165, 1.54) is 0 Å². The van der Waals surface area contributed by atoms with Crippen molar-refractivity contribution in [2.75, 3.05) is 20.6 Å². The van der Waals surface area contributed by atoms with Gasteiger partial charge in [-0.1, -0.05) is 19.6 Å². The highest BCUT2D eigenvalue weighted by molar-refractivity contribution is 6.87. The summed E-state index contributed by atoms with van der Waals surface area (Å²) in [5, 5.41) is 1.02. The van der Waals surface area contributed by atoms with Gasteiger partial charge in [0.1, 0.15) is 13.6 Å². The zero-order chi connectivity index (χ0) is 14.2. The first kappa shape index (κ1) is 14.0. The molecule has 2 aromatic heterocycles. The van der Waals surface area contributed by atoms with Crippen LogP contribution in [0.1, 0.15) is 10.4 Å². The molecule has 102 valence electrons. The highest BCUT2D eigenvalue weighted by Gasteiger charge is 2.22. The van der Waals surface area contributed by atoms with Crippen molar-refractivity contribution < 1.29 is 9.21 Å². The maximum Gasteiger partial charge on any atom is 0.178 e. The van der Waals surface area contributed by atoms with Crippen LogP contribution in [-0.2, 0) is 0 Å². The van der Waals surface area contributed by atoms with E-state index in [1.54, 1.807) is 12.3 Å². The van der Waals surface area contributed by atoms with Crippen molar-refractivity contribution in [3.63, 3.8) is 0 Å². The van der Waals surface area contributed by atoms with Gasteiger partial charge in [-0.25, -0.2) is 0 Å². The molecule has 0 unspecified atom stereocenters. The number of hydrogen-bond acceptors (Lipinski definition) is 4. The molecule has 0 fully saturated rings. The predicted molar refractivity (Wildman–Crippen MR) is 79.9 cm³/mol. The molecule has 0 atom stereocenters. The molecule has 0 amide bonds. The quantitative estimate of drug-likeness (QED) is 0.634. The molecule has 0 aliphatic rings. The van der Waals surface area contributed by atoms with Crippen molar-refractivity contribution in [1.82, 2.24) is 9.88 Å². The summed E-state index contributed by atoms with van der Waals surface area (Å²) in [6.45, 7) is 7.06. The Labute approximate surface area is 114 Å².